The number of benzene rings is 1. The van der Waals surface area contributed by atoms with E-state index in [9.17, 15) is 0 Å². The molecule has 5 nitrogen and oxygen atoms in total. The molecule has 0 aliphatic carbocycles. The van der Waals surface area contributed by atoms with Crippen LogP contribution in [0.5, 0.6) is 17.2 Å². The summed E-state index contributed by atoms with van der Waals surface area (Å²) in [6, 6.07) is 11.1. The third kappa shape index (κ3) is 2.92. The van der Waals surface area contributed by atoms with Gasteiger partial charge in [-0.25, -0.2) is 0 Å². The molecule has 0 fully saturated rings. The third-order valence-electron chi connectivity index (χ3n) is 3.45. The van der Waals surface area contributed by atoms with Gasteiger partial charge in [-0.05, 0) is 30.7 Å². The first-order valence-corrected chi connectivity index (χ1v) is 7.00. The summed E-state index contributed by atoms with van der Waals surface area (Å²) in [5, 5.41) is 0. The fourth-order valence-electron chi connectivity index (χ4n) is 2.22. The lowest BCUT2D eigenvalue weighted by molar-refractivity contribution is 0.164. The lowest BCUT2D eigenvalue weighted by Gasteiger charge is -2.23. The Kier molecular flexibility index (Phi) is 3.92. The maximum atomic E-state index is 6.19. The van der Waals surface area contributed by atoms with Gasteiger partial charge in [-0.1, -0.05) is 13.0 Å². The number of nitrogens with two attached hydrogens (primary N) is 1. The van der Waals surface area contributed by atoms with Crippen molar-refractivity contribution in [3.8, 4) is 17.2 Å². The smallest absolute Gasteiger partial charge is 0.231 e. The molecule has 1 aliphatic heterocycles. The van der Waals surface area contributed by atoms with Crippen LogP contribution < -0.4 is 19.9 Å². The molecule has 3 rings (SSSR count). The first-order chi connectivity index (χ1) is 10.3. The van der Waals surface area contributed by atoms with Gasteiger partial charge in [0.15, 0.2) is 17.6 Å². The molecule has 1 aromatic carbocycles. The number of pyridine rings is 1. The predicted octanol–water partition coefficient (Wildman–Crippen LogP) is 2.67. The van der Waals surface area contributed by atoms with E-state index in [0.717, 1.165) is 17.9 Å². The van der Waals surface area contributed by atoms with Crippen LogP contribution in [0.2, 0.25) is 0 Å². The molecule has 0 bridgehead atoms. The van der Waals surface area contributed by atoms with E-state index >= 15 is 0 Å². The number of fused-ring (bicyclic) bond motifs is 1. The Hall–Kier alpha value is -2.27. The van der Waals surface area contributed by atoms with E-state index in [0.29, 0.717) is 11.5 Å². The Morgan fingerprint density at radius 3 is 2.86 bits per heavy atom. The molecule has 21 heavy (non-hydrogen) atoms. The topological polar surface area (TPSA) is 66.6 Å². The van der Waals surface area contributed by atoms with E-state index in [1.165, 1.54) is 0 Å². The van der Waals surface area contributed by atoms with Crippen LogP contribution in [0.1, 0.15) is 25.1 Å². The Labute approximate surface area is 123 Å². The Balaban J connectivity index is 1.85. The molecule has 110 valence electrons. The van der Waals surface area contributed by atoms with Gasteiger partial charge in [-0.15, -0.1) is 0 Å². The van der Waals surface area contributed by atoms with Crippen molar-refractivity contribution in [2.75, 3.05) is 6.79 Å². The van der Waals surface area contributed by atoms with Gasteiger partial charge in [-0.3, -0.25) is 4.98 Å². The first-order valence-electron chi connectivity index (χ1n) is 7.00. The highest BCUT2D eigenvalue weighted by atomic mass is 16.7. The number of aromatic nitrogens is 1. The van der Waals surface area contributed by atoms with E-state index in [-0.39, 0.29) is 18.9 Å². The zero-order valence-electron chi connectivity index (χ0n) is 11.9. The maximum Gasteiger partial charge on any atom is 0.231 e. The number of rotatable bonds is 5. The minimum absolute atomic E-state index is 0.134. The average molecular weight is 286 g/mol. The fourth-order valence-corrected chi connectivity index (χ4v) is 2.22. The number of hydrogen-bond donors (Lipinski definition) is 1. The van der Waals surface area contributed by atoms with Crippen LogP contribution in [-0.2, 0) is 0 Å². The van der Waals surface area contributed by atoms with Crippen LogP contribution in [0.15, 0.2) is 42.6 Å². The number of hydrogen-bond acceptors (Lipinski definition) is 5. The number of nitrogens with zero attached hydrogens (tertiary/aromatic N) is 1. The van der Waals surface area contributed by atoms with Gasteiger partial charge < -0.3 is 19.9 Å². The van der Waals surface area contributed by atoms with Crippen LogP contribution in [0.25, 0.3) is 0 Å². The zero-order chi connectivity index (χ0) is 14.7. The lowest BCUT2D eigenvalue weighted by atomic mass is 10.1. The molecule has 2 N–H and O–H groups in total. The molecule has 2 unspecified atom stereocenters. The average Bonchev–Trinajstić information content (AvgIpc) is 3.00. The molecular weight excluding hydrogens is 268 g/mol. The van der Waals surface area contributed by atoms with Crippen molar-refractivity contribution in [3.05, 3.63) is 48.3 Å². The van der Waals surface area contributed by atoms with Crippen molar-refractivity contribution in [2.45, 2.75) is 25.5 Å². The van der Waals surface area contributed by atoms with Gasteiger partial charge >= 0.3 is 0 Å². The first kappa shape index (κ1) is 13.7. The van der Waals surface area contributed by atoms with Gasteiger partial charge in [-0.2, -0.15) is 0 Å². The van der Waals surface area contributed by atoms with Gasteiger partial charge in [0.05, 0.1) is 5.69 Å². The Bertz CT molecular complexity index is 604. The lowest BCUT2D eigenvalue weighted by Crippen LogP contribution is -2.32. The molecule has 5 heteroatoms. The van der Waals surface area contributed by atoms with Crippen LogP contribution in [0.4, 0.5) is 0 Å². The minimum atomic E-state index is -0.295. The maximum absolute atomic E-state index is 6.19. The highest BCUT2D eigenvalue weighted by Gasteiger charge is 2.23. The van der Waals surface area contributed by atoms with Crippen LogP contribution in [-0.4, -0.2) is 17.8 Å². The van der Waals surface area contributed by atoms with Crippen molar-refractivity contribution < 1.29 is 14.2 Å². The quantitative estimate of drug-likeness (QED) is 0.915. The summed E-state index contributed by atoms with van der Waals surface area (Å²) in [5.74, 6) is 2.12. The molecule has 2 atom stereocenters. The van der Waals surface area contributed by atoms with E-state index in [1.54, 1.807) is 6.20 Å². The fraction of sp³-hybridized carbons (Fsp3) is 0.312. The molecule has 0 saturated carbocycles. The second-order valence-corrected chi connectivity index (χ2v) is 4.88. The van der Waals surface area contributed by atoms with E-state index < -0.39 is 0 Å². The normalized spacial score (nSPS) is 15.5. The second kappa shape index (κ2) is 6.01. The second-order valence-electron chi connectivity index (χ2n) is 4.88. The zero-order valence-corrected chi connectivity index (χ0v) is 11.9. The largest absolute Gasteiger partial charge is 0.482 e. The van der Waals surface area contributed by atoms with E-state index in [4.69, 9.17) is 19.9 Å². The summed E-state index contributed by atoms with van der Waals surface area (Å²) >= 11 is 0. The van der Waals surface area contributed by atoms with Crippen molar-refractivity contribution in [2.24, 2.45) is 5.73 Å². The highest BCUT2D eigenvalue weighted by Crippen LogP contribution is 2.36. The summed E-state index contributed by atoms with van der Waals surface area (Å²) in [6.07, 6.45) is 2.25. The third-order valence-corrected chi connectivity index (χ3v) is 3.45. The van der Waals surface area contributed by atoms with Crippen LogP contribution in [0.3, 0.4) is 0 Å². The van der Waals surface area contributed by atoms with Gasteiger partial charge in [0.25, 0.3) is 0 Å². The van der Waals surface area contributed by atoms with Crippen molar-refractivity contribution >= 4 is 0 Å². The van der Waals surface area contributed by atoms with Gasteiger partial charge in [0.1, 0.15) is 5.75 Å². The standard InChI is InChI=1S/C16H18N2O3/c1-2-12(17)16(13-5-3-4-8-18-13)21-11-6-7-14-15(9-11)20-10-19-14/h3-9,12,16H,2,10,17H2,1H3. The van der Waals surface area contributed by atoms with Crippen molar-refractivity contribution in [3.63, 3.8) is 0 Å². The van der Waals surface area contributed by atoms with E-state index in [2.05, 4.69) is 4.98 Å². The van der Waals surface area contributed by atoms with Crippen molar-refractivity contribution in [1.29, 1.82) is 0 Å². The molecule has 0 saturated heterocycles. The summed E-state index contributed by atoms with van der Waals surface area (Å²) in [7, 11) is 0. The summed E-state index contributed by atoms with van der Waals surface area (Å²) in [4.78, 5) is 4.36. The molecule has 2 heterocycles. The van der Waals surface area contributed by atoms with Crippen LogP contribution in [0, 0.1) is 0 Å². The molecule has 0 radical (unpaired) electrons. The van der Waals surface area contributed by atoms with Gasteiger partial charge in [0, 0.05) is 18.3 Å². The van der Waals surface area contributed by atoms with Gasteiger partial charge in [0.2, 0.25) is 6.79 Å². The SMILES string of the molecule is CCC(N)C(Oc1ccc2c(c1)OCO2)c1ccccn1. The molecule has 2 aromatic rings. The summed E-state index contributed by atoms with van der Waals surface area (Å²) in [5.41, 5.74) is 7.01. The molecule has 0 spiro atoms. The van der Waals surface area contributed by atoms with Crippen molar-refractivity contribution in [1.82, 2.24) is 4.98 Å². The summed E-state index contributed by atoms with van der Waals surface area (Å²) < 4.78 is 16.7. The molecular formula is C16H18N2O3. The molecule has 0 amide bonds. The summed E-state index contributed by atoms with van der Waals surface area (Å²) in [6.45, 7) is 2.28. The monoisotopic (exact) mass is 286 g/mol. The highest BCUT2D eigenvalue weighted by molar-refractivity contribution is 5.47. The Morgan fingerprint density at radius 1 is 1.24 bits per heavy atom. The predicted molar refractivity (Wildman–Crippen MR) is 78.4 cm³/mol. The molecule has 1 aliphatic rings. The Morgan fingerprint density at radius 2 is 2.10 bits per heavy atom. The minimum Gasteiger partial charge on any atom is -0.482 e. The van der Waals surface area contributed by atoms with Crippen LogP contribution >= 0.6 is 0 Å². The molecule has 1 aromatic heterocycles. The number of ether oxygens (including phenoxy) is 3. The van der Waals surface area contributed by atoms with E-state index in [1.807, 2.05) is 43.3 Å².